The first-order chi connectivity index (χ1) is 9.28. The van der Waals surface area contributed by atoms with Crippen LogP contribution in [-0.2, 0) is 0 Å². The Morgan fingerprint density at radius 1 is 1.25 bits per heavy atom. The number of aryl methyl sites for hydroxylation is 2. The molecule has 3 unspecified atom stereocenters. The molecule has 0 saturated heterocycles. The summed E-state index contributed by atoms with van der Waals surface area (Å²) in [6.07, 6.45) is 3.99. The topological polar surface area (TPSA) is 12.0 Å². The van der Waals surface area contributed by atoms with Gasteiger partial charge in [0.1, 0.15) is 0 Å². The second-order valence-electron chi connectivity index (χ2n) is 7.74. The molecule has 0 spiro atoms. The summed E-state index contributed by atoms with van der Waals surface area (Å²) in [5.41, 5.74) is 4.74. The Morgan fingerprint density at radius 3 is 2.55 bits per heavy atom. The highest BCUT2D eigenvalue weighted by Gasteiger charge is 2.32. The van der Waals surface area contributed by atoms with E-state index in [4.69, 9.17) is 0 Å². The largest absolute Gasteiger partial charge is 0.307 e. The normalized spacial score (nSPS) is 27.3. The second-order valence-corrected chi connectivity index (χ2v) is 7.74. The lowest BCUT2D eigenvalue weighted by Crippen LogP contribution is -2.42. The Bertz CT molecular complexity index is 461. The van der Waals surface area contributed by atoms with E-state index < -0.39 is 0 Å². The second kappa shape index (κ2) is 5.89. The van der Waals surface area contributed by atoms with Crippen LogP contribution in [0.25, 0.3) is 0 Å². The van der Waals surface area contributed by atoms with Crippen LogP contribution in [0.4, 0.5) is 0 Å². The van der Waals surface area contributed by atoms with Gasteiger partial charge < -0.3 is 5.32 Å². The molecular formula is C19H31N. The molecule has 0 bridgehead atoms. The summed E-state index contributed by atoms with van der Waals surface area (Å²) in [6.45, 7) is 13.9. The van der Waals surface area contributed by atoms with E-state index >= 15 is 0 Å². The first-order valence-corrected chi connectivity index (χ1v) is 8.12. The van der Waals surface area contributed by atoms with Crippen molar-refractivity contribution in [2.24, 2.45) is 11.3 Å². The summed E-state index contributed by atoms with van der Waals surface area (Å²) in [5, 5.41) is 3.88. The minimum Gasteiger partial charge on any atom is -0.307 e. The van der Waals surface area contributed by atoms with Crippen molar-refractivity contribution in [3.05, 3.63) is 34.9 Å². The van der Waals surface area contributed by atoms with E-state index in [1.165, 1.54) is 36.0 Å². The third-order valence-electron chi connectivity index (χ3n) is 5.05. The lowest BCUT2D eigenvalue weighted by atomic mass is 9.70. The predicted molar refractivity (Wildman–Crippen MR) is 88.1 cm³/mol. The smallest absolute Gasteiger partial charge is 0.0297 e. The Balaban J connectivity index is 2.03. The van der Waals surface area contributed by atoms with Gasteiger partial charge in [0.2, 0.25) is 0 Å². The van der Waals surface area contributed by atoms with Crippen molar-refractivity contribution in [1.82, 2.24) is 5.32 Å². The zero-order chi connectivity index (χ0) is 14.9. The molecule has 1 aromatic carbocycles. The average molecular weight is 273 g/mol. The number of hydrogen-bond acceptors (Lipinski definition) is 1. The van der Waals surface area contributed by atoms with Gasteiger partial charge in [-0.3, -0.25) is 0 Å². The summed E-state index contributed by atoms with van der Waals surface area (Å²) < 4.78 is 0. The highest BCUT2D eigenvalue weighted by atomic mass is 15.0. The van der Waals surface area contributed by atoms with Crippen molar-refractivity contribution in [2.75, 3.05) is 0 Å². The Morgan fingerprint density at radius 2 is 1.95 bits per heavy atom. The molecule has 3 atom stereocenters. The Kier molecular flexibility index (Phi) is 4.59. The van der Waals surface area contributed by atoms with E-state index in [1.54, 1.807) is 0 Å². The molecule has 0 heterocycles. The van der Waals surface area contributed by atoms with Gasteiger partial charge in [0.15, 0.2) is 0 Å². The molecule has 1 aliphatic carbocycles. The predicted octanol–water partition coefficient (Wildman–Crippen LogP) is 5.17. The van der Waals surface area contributed by atoms with E-state index in [2.05, 4.69) is 65.1 Å². The third kappa shape index (κ3) is 3.63. The molecule has 0 aromatic heterocycles. The maximum atomic E-state index is 3.88. The molecule has 0 amide bonds. The van der Waals surface area contributed by atoms with Gasteiger partial charge in [-0.1, -0.05) is 44.5 Å². The summed E-state index contributed by atoms with van der Waals surface area (Å²) in [4.78, 5) is 0. The highest BCUT2D eigenvalue weighted by molar-refractivity contribution is 5.32. The van der Waals surface area contributed by atoms with Crippen LogP contribution in [0, 0.1) is 25.2 Å². The SMILES string of the molecule is Cc1ccc(C(C)NC2CCC(C)(C)CC2C)c(C)c1. The zero-order valence-corrected chi connectivity index (χ0v) is 14.1. The van der Waals surface area contributed by atoms with Crippen LogP contribution in [-0.4, -0.2) is 6.04 Å². The van der Waals surface area contributed by atoms with Crippen molar-refractivity contribution in [3.63, 3.8) is 0 Å². The number of hydrogen-bond donors (Lipinski definition) is 1. The number of rotatable bonds is 3. The lowest BCUT2D eigenvalue weighted by molar-refractivity contribution is 0.142. The Hall–Kier alpha value is -0.820. The van der Waals surface area contributed by atoms with E-state index in [0.717, 1.165) is 5.92 Å². The molecule has 1 saturated carbocycles. The van der Waals surface area contributed by atoms with Gasteiger partial charge in [-0.2, -0.15) is 0 Å². The van der Waals surface area contributed by atoms with Gasteiger partial charge in [-0.05, 0) is 62.5 Å². The molecule has 0 radical (unpaired) electrons. The summed E-state index contributed by atoms with van der Waals surface area (Å²) in [5.74, 6) is 0.770. The number of nitrogens with one attached hydrogen (secondary N) is 1. The quantitative estimate of drug-likeness (QED) is 0.801. The lowest BCUT2D eigenvalue weighted by Gasteiger charge is -2.41. The molecular weight excluding hydrogens is 242 g/mol. The van der Waals surface area contributed by atoms with Crippen molar-refractivity contribution < 1.29 is 0 Å². The summed E-state index contributed by atoms with van der Waals surface area (Å²) >= 11 is 0. The molecule has 1 aliphatic rings. The Labute approximate surface area is 125 Å². The first kappa shape index (κ1) is 15.6. The summed E-state index contributed by atoms with van der Waals surface area (Å²) in [6, 6.07) is 7.93. The van der Waals surface area contributed by atoms with Gasteiger partial charge >= 0.3 is 0 Å². The van der Waals surface area contributed by atoms with E-state index in [1.807, 2.05) is 0 Å². The van der Waals surface area contributed by atoms with Gasteiger partial charge in [0, 0.05) is 12.1 Å². The molecule has 1 N–H and O–H groups in total. The maximum absolute atomic E-state index is 3.88. The van der Waals surface area contributed by atoms with Crippen LogP contribution in [0.5, 0.6) is 0 Å². The van der Waals surface area contributed by atoms with E-state index in [-0.39, 0.29) is 0 Å². The molecule has 1 nitrogen and oxygen atoms in total. The fourth-order valence-corrected chi connectivity index (χ4v) is 3.92. The van der Waals surface area contributed by atoms with Crippen molar-refractivity contribution in [1.29, 1.82) is 0 Å². The number of benzene rings is 1. The fraction of sp³-hybridized carbons (Fsp3) is 0.684. The minimum absolute atomic E-state index is 0.448. The molecule has 1 heteroatoms. The first-order valence-electron chi connectivity index (χ1n) is 8.12. The van der Waals surface area contributed by atoms with Crippen LogP contribution >= 0.6 is 0 Å². The van der Waals surface area contributed by atoms with Crippen LogP contribution < -0.4 is 5.32 Å². The molecule has 1 aromatic rings. The fourth-order valence-electron chi connectivity index (χ4n) is 3.92. The summed E-state index contributed by atoms with van der Waals surface area (Å²) in [7, 11) is 0. The van der Waals surface area contributed by atoms with E-state index in [9.17, 15) is 0 Å². The monoisotopic (exact) mass is 273 g/mol. The highest BCUT2D eigenvalue weighted by Crippen LogP contribution is 2.39. The maximum Gasteiger partial charge on any atom is 0.0297 e. The van der Waals surface area contributed by atoms with Gasteiger partial charge in [0.25, 0.3) is 0 Å². The zero-order valence-electron chi connectivity index (χ0n) is 14.1. The third-order valence-corrected chi connectivity index (χ3v) is 5.05. The standard InChI is InChI=1S/C19H31N/c1-13-7-8-17(14(2)11-13)16(4)20-18-9-10-19(5,6)12-15(18)3/h7-8,11,15-16,18,20H,9-10,12H2,1-6H3. The van der Waals surface area contributed by atoms with Crippen LogP contribution in [0.3, 0.4) is 0 Å². The van der Waals surface area contributed by atoms with Gasteiger partial charge in [-0.15, -0.1) is 0 Å². The molecule has 0 aliphatic heterocycles. The molecule has 112 valence electrons. The van der Waals surface area contributed by atoms with Gasteiger partial charge in [0.05, 0.1) is 0 Å². The van der Waals surface area contributed by atoms with Crippen LogP contribution in [0.1, 0.15) is 69.7 Å². The van der Waals surface area contributed by atoms with Gasteiger partial charge in [-0.25, -0.2) is 0 Å². The van der Waals surface area contributed by atoms with Crippen molar-refractivity contribution in [3.8, 4) is 0 Å². The average Bonchev–Trinajstić information content (AvgIpc) is 2.32. The van der Waals surface area contributed by atoms with Crippen LogP contribution in [0.15, 0.2) is 18.2 Å². The van der Waals surface area contributed by atoms with Crippen LogP contribution in [0.2, 0.25) is 0 Å². The molecule has 2 rings (SSSR count). The van der Waals surface area contributed by atoms with Crippen molar-refractivity contribution in [2.45, 2.75) is 72.9 Å². The molecule has 20 heavy (non-hydrogen) atoms. The minimum atomic E-state index is 0.448. The molecule has 1 fully saturated rings. The van der Waals surface area contributed by atoms with Crippen molar-refractivity contribution >= 4 is 0 Å². The van der Waals surface area contributed by atoms with E-state index in [0.29, 0.717) is 17.5 Å².